The van der Waals surface area contributed by atoms with E-state index >= 15 is 0 Å². The third-order valence-electron chi connectivity index (χ3n) is 5.03. The highest BCUT2D eigenvalue weighted by Crippen LogP contribution is 2.20. The topological polar surface area (TPSA) is 79.7 Å². The van der Waals surface area contributed by atoms with Crippen molar-refractivity contribution < 1.29 is 18.7 Å². The van der Waals surface area contributed by atoms with Crippen molar-refractivity contribution in [1.82, 2.24) is 24.9 Å². The number of halogens is 2. The fraction of sp³-hybridized carbons (Fsp3) is 0.450. The Kier molecular flexibility index (Phi) is 7.28. The molecule has 1 aliphatic heterocycles. The summed E-state index contributed by atoms with van der Waals surface area (Å²) >= 11 is 5.96. The fourth-order valence-corrected chi connectivity index (χ4v) is 3.62. The number of hydrogen-bond donors (Lipinski definition) is 1. The predicted molar refractivity (Wildman–Crippen MR) is 110 cm³/mol. The summed E-state index contributed by atoms with van der Waals surface area (Å²) in [5.74, 6) is -0.541. The average Bonchev–Trinajstić information content (AvgIpc) is 3.11. The van der Waals surface area contributed by atoms with Crippen molar-refractivity contribution >= 4 is 23.4 Å². The van der Waals surface area contributed by atoms with Gasteiger partial charge in [-0.25, -0.2) is 4.39 Å². The number of carbonyl (C=O) groups is 2. The van der Waals surface area contributed by atoms with Gasteiger partial charge in [0.05, 0.1) is 13.5 Å². The Labute approximate surface area is 179 Å². The number of benzene rings is 1. The Morgan fingerprint density at radius 3 is 2.67 bits per heavy atom. The minimum absolute atomic E-state index is 0.0965. The Morgan fingerprint density at radius 2 is 2.00 bits per heavy atom. The van der Waals surface area contributed by atoms with Crippen LogP contribution in [0.4, 0.5) is 4.39 Å². The van der Waals surface area contributed by atoms with E-state index in [0.29, 0.717) is 50.7 Å². The lowest BCUT2D eigenvalue weighted by molar-refractivity contribution is -0.120. The van der Waals surface area contributed by atoms with Crippen LogP contribution in [0, 0.1) is 5.82 Å². The molecule has 1 aromatic carbocycles. The summed E-state index contributed by atoms with van der Waals surface area (Å²) in [6.45, 7) is 3.64. The smallest absolute Gasteiger partial charge is 0.261 e. The molecule has 0 radical (unpaired) electrons. The first-order valence-corrected chi connectivity index (χ1v) is 10.1. The molecule has 3 rings (SSSR count). The fourth-order valence-electron chi connectivity index (χ4n) is 3.39. The molecule has 162 valence electrons. The van der Waals surface area contributed by atoms with Crippen LogP contribution in [0.1, 0.15) is 15.9 Å². The third kappa shape index (κ3) is 5.28. The van der Waals surface area contributed by atoms with Gasteiger partial charge in [-0.05, 0) is 12.1 Å². The van der Waals surface area contributed by atoms with E-state index in [2.05, 4.69) is 15.3 Å². The highest BCUT2D eigenvalue weighted by Gasteiger charge is 2.26. The highest BCUT2D eigenvalue weighted by molar-refractivity contribution is 6.31. The van der Waals surface area contributed by atoms with Crippen molar-refractivity contribution in [1.29, 1.82) is 0 Å². The quantitative estimate of drug-likeness (QED) is 0.707. The van der Waals surface area contributed by atoms with Crippen LogP contribution in [0.5, 0.6) is 5.88 Å². The first kappa shape index (κ1) is 22.0. The van der Waals surface area contributed by atoms with E-state index in [1.54, 1.807) is 28.9 Å². The molecule has 0 bridgehead atoms. The van der Waals surface area contributed by atoms with Crippen molar-refractivity contribution in [2.75, 3.05) is 46.4 Å². The van der Waals surface area contributed by atoms with Gasteiger partial charge in [0.15, 0.2) is 0 Å². The number of methoxy groups -OCH3 is 1. The number of carbonyl (C=O) groups excluding carboxylic acids is 2. The molecule has 2 heterocycles. The maximum Gasteiger partial charge on any atom is 0.261 e. The predicted octanol–water partition coefficient (Wildman–Crippen LogP) is 1.34. The Morgan fingerprint density at radius 1 is 1.27 bits per heavy atom. The summed E-state index contributed by atoms with van der Waals surface area (Å²) in [6, 6.07) is 4.36. The Hall–Kier alpha value is -2.65. The molecule has 2 aromatic rings. The number of piperazine rings is 1. The lowest BCUT2D eigenvalue weighted by Crippen LogP contribution is -2.50. The van der Waals surface area contributed by atoms with Gasteiger partial charge in [-0.15, -0.1) is 5.10 Å². The van der Waals surface area contributed by atoms with Crippen LogP contribution in [0.3, 0.4) is 0 Å². The van der Waals surface area contributed by atoms with Crippen LogP contribution < -0.4 is 10.1 Å². The van der Waals surface area contributed by atoms with Gasteiger partial charge in [0, 0.05) is 63.1 Å². The highest BCUT2D eigenvalue weighted by atomic mass is 35.5. The van der Waals surface area contributed by atoms with E-state index in [9.17, 15) is 14.0 Å². The number of nitrogens with one attached hydrogen (secondary N) is 1. The van der Waals surface area contributed by atoms with Gasteiger partial charge in [0.25, 0.3) is 5.91 Å². The molecule has 1 aromatic heterocycles. The molecular formula is C20H25ClFN5O3. The summed E-state index contributed by atoms with van der Waals surface area (Å²) in [5.41, 5.74) is 0.655. The van der Waals surface area contributed by atoms with Gasteiger partial charge in [-0.2, -0.15) is 0 Å². The summed E-state index contributed by atoms with van der Waals surface area (Å²) in [4.78, 5) is 28.7. The largest absolute Gasteiger partial charge is 0.479 e. The first-order valence-electron chi connectivity index (χ1n) is 9.68. The van der Waals surface area contributed by atoms with Crippen LogP contribution in [-0.2, 0) is 18.3 Å². The molecule has 1 N–H and O–H groups in total. The van der Waals surface area contributed by atoms with Crippen molar-refractivity contribution in [3.8, 4) is 5.88 Å². The molecule has 1 aliphatic rings. The van der Waals surface area contributed by atoms with Crippen molar-refractivity contribution in [3.63, 3.8) is 0 Å². The van der Waals surface area contributed by atoms with E-state index in [-0.39, 0.29) is 28.8 Å². The molecule has 2 amide bonds. The second-order valence-corrected chi connectivity index (χ2v) is 7.49. The maximum absolute atomic E-state index is 13.8. The summed E-state index contributed by atoms with van der Waals surface area (Å²) in [5, 5.41) is 7.17. The molecule has 30 heavy (non-hydrogen) atoms. The Bertz CT molecular complexity index is 892. The van der Waals surface area contributed by atoms with Crippen LogP contribution in [0.25, 0.3) is 0 Å². The molecule has 8 nitrogen and oxygen atoms in total. The van der Waals surface area contributed by atoms with E-state index in [1.807, 2.05) is 0 Å². The zero-order chi connectivity index (χ0) is 21.7. The standard InChI is InChI=1S/C20H25ClFN5O3/c1-25-13-15(19(24-25)30-2)20(29)27-10-8-26(9-11-27)7-6-23-18(28)12-14-16(21)4-3-5-17(14)22/h3-5,13H,6-12H2,1-2H3,(H,23,28). The van der Waals surface area contributed by atoms with Gasteiger partial charge >= 0.3 is 0 Å². The van der Waals surface area contributed by atoms with Crippen molar-refractivity contribution in [3.05, 3.63) is 46.4 Å². The minimum Gasteiger partial charge on any atom is -0.479 e. The lowest BCUT2D eigenvalue weighted by Gasteiger charge is -2.34. The lowest BCUT2D eigenvalue weighted by atomic mass is 10.1. The summed E-state index contributed by atoms with van der Waals surface area (Å²) < 4.78 is 20.5. The van der Waals surface area contributed by atoms with Crippen LogP contribution in [0.2, 0.25) is 5.02 Å². The minimum atomic E-state index is -0.483. The Balaban J connectivity index is 1.42. The van der Waals surface area contributed by atoms with E-state index in [4.69, 9.17) is 16.3 Å². The first-order chi connectivity index (χ1) is 14.4. The molecule has 0 unspecified atom stereocenters. The van der Waals surface area contributed by atoms with Crippen molar-refractivity contribution in [2.24, 2.45) is 7.05 Å². The molecule has 1 fully saturated rings. The third-order valence-corrected chi connectivity index (χ3v) is 5.38. The maximum atomic E-state index is 13.8. The van der Waals surface area contributed by atoms with Gasteiger partial charge in [0.1, 0.15) is 11.4 Å². The number of aryl methyl sites for hydroxylation is 1. The molecule has 0 spiro atoms. The van der Waals surface area contributed by atoms with Gasteiger partial charge < -0.3 is 15.0 Å². The SMILES string of the molecule is COc1nn(C)cc1C(=O)N1CCN(CCNC(=O)Cc2c(F)cccc2Cl)CC1. The zero-order valence-corrected chi connectivity index (χ0v) is 17.8. The molecule has 0 aliphatic carbocycles. The van der Waals surface area contributed by atoms with E-state index in [1.165, 1.54) is 19.2 Å². The summed E-state index contributed by atoms with van der Waals surface area (Å²) in [7, 11) is 3.23. The molecule has 1 saturated heterocycles. The van der Waals surface area contributed by atoms with Crippen molar-refractivity contribution in [2.45, 2.75) is 6.42 Å². The van der Waals surface area contributed by atoms with Gasteiger partial charge in [0.2, 0.25) is 11.8 Å². The zero-order valence-electron chi connectivity index (χ0n) is 17.0. The number of aromatic nitrogens is 2. The molecular weight excluding hydrogens is 413 g/mol. The van der Waals surface area contributed by atoms with E-state index < -0.39 is 5.82 Å². The second-order valence-electron chi connectivity index (χ2n) is 7.09. The monoisotopic (exact) mass is 437 g/mol. The summed E-state index contributed by atoms with van der Waals surface area (Å²) in [6.07, 6.45) is 1.56. The number of ether oxygens (including phenoxy) is 1. The van der Waals surface area contributed by atoms with Gasteiger partial charge in [-0.1, -0.05) is 17.7 Å². The normalized spacial score (nSPS) is 14.6. The molecule has 10 heteroatoms. The van der Waals surface area contributed by atoms with Crippen LogP contribution in [-0.4, -0.2) is 77.8 Å². The second kappa shape index (κ2) is 9.90. The number of amides is 2. The van der Waals surface area contributed by atoms with Crippen LogP contribution in [0.15, 0.2) is 24.4 Å². The van der Waals surface area contributed by atoms with E-state index in [0.717, 1.165) is 0 Å². The number of nitrogens with zero attached hydrogens (tertiary/aromatic N) is 4. The number of hydrogen-bond acceptors (Lipinski definition) is 5. The molecule has 0 atom stereocenters. The number of rotatable bonds is 7. The average molecular weight is 438 g/mol. The van der Waals surface area contributed by atoms with Crippen LogP contribution >= 0.6 is 11.6 Å². The molecule has 0 saturated carbocycles. The van der Waals surface area contributed by atoms with Gasteiger partial charge in [-0.3, -0.25) is 19.2 Å².